The lowest BCUT2D eigenvalue weighted by molar-refractivity contribution is -0.00872. The molecule has 0 radical (unpaired) electrons. The van der Waals surface area contributed by atoms with Gasteiger partial charge in [-0.05, 0) is 47.0 Å². The Labute approximate surface area is 122 Å². The first-order valence-corrected chi connectivity index (χ1v) is 7.72. The smallest absolute Gasteiger partial charge is 0.150 e. The number of fused-ring (bicyclic) bond motifs is 1. The third-order valence-electron chi connectivity index (χ3n) is 4.15. The highest BCUT2D eigenvalue weighted by Crippen LogP contribution is 2.35. The molecule has 3 nitrogen and oxygen atoms in total. The number of carbonyl (C=O) groups excluding carboxylic acids is 1. The van der Waals surface area contributed by atoms with Gasteiger partial charge in [-0.1, -0.05) is 12.8 Å². The standard InChI is InChI=1S/C15H18BrNO2/c16-12-9-11(10-18)5-6-13(12)17-7-8-19-15-4-2-1-3-14(15)17/h5-6,9-10,14-15H,1-4,7-8H2. The van der Waals surface area contributed by atoms with Gasteiger partial charge in [-0.15, -0.1) is 0 Å². The number of aldehydes is 1. The van der Waals surface area contributed by atoms with Crippen LogP contribution in [-0.2, 0) is 4.74 Å². The van der Waals surface area contributed by atoms with E-state index in [1.54, 1.807) is 0 Å². The van der Waals surface area contributed by atoms with Crippen LogP contribution in [0, 0.1) is 0 Å². The molecule has 19 heavy (non-hydrogen) atoms. The van der Waals surface area contributed by atoms with Crippen molar-refractivity contribution in [2.45, 2.75) is 37.8 Å². The lowest BCUT2D eigenvalue weighted by Crippen LogP contribution is -2.53. The molecule has 0 aromatic heterocycles. The van der Waals surface area contributed by atoms with E-state index in [-0.39, 0.29) is 0 Å². The summed E-state index contributed by atoms with van der Waals surface area (Å²) >= 11 is 3.60. The van der Waals surface area contributed by atoms with Gasteiger partial charge >= 0.3 is 0 Å². The SMILES string of the molecule is O=Cc1ccc(N2CCOC3CCCCC32)c(Br)c1. The van der Waals surface area contributed by atoms with Crippen molar-refractivity contribution in [3.05, 3.63) is 28.2 Å². The van der Waals surface area contributed by atoms with Crippen LogP contribution < -0.4 is 4.90 Å². The molecule has 4 heteroatoms. The molecule has 0 amide bonds. The van der Waals surface area contributed by atoms with Crippen molar-refractivity contribution in [2.24, 2.45) is 0 Å². The number of hydrogen-bond donors (Lipinski definition) is 0. The largest absolute Gasteiger partial charge is 0.374 e. The van der Waals surface area contributed by atoms with E-state index in [1.165, 1.54) is 31.4 Å². The maximum Gasteiger partial charge on any atom is 0.150 e. The molecular formula is C15H18BrNO2. The zero-order chi connectivity index (χ0) is 13.2. The van der Waals surface area contributed by atoms with Gasteiger partial charge in [0, 0.05) is 16.6 Å². The first kappa shape index (κ1) is 13.1. The van der Waals surface area contributed by atoms with Crippen LogP contribution in [0.3, 0.4) is 0 Å². The summed E-state index contributed by atoms with van der Waals surface area (Å²) in [5.74, 6) is 0. The number of nitrogens with zero attached hydrogens (tertiary/aromatic N) is 1. The van der Waals surface area contributed by atoms with E-state index in [9.17, 15) is 4.79 Å². The second-order valence-corrected chi connectivity index (χ2v) is 6.14. The second-order valence-electron chi connectivity index (χ2n) is 5.28. The van der Waals surface area contributed by atoms with Crippen molar-refractivity contribution in [1.29, 1.82) is 0 Å². The molecular weight excluding hydrogens is 306 g/mol. The molecule has 3 rings (SSSR count). The number of carbonyl (C=O) groups is 1. The molecule has 1 heterocycles. The van der Waals surface area contributed by atoms with Crippen LogP contribution in [0.5, 0.6) is 0 Å². The van der Waals surface area contributed by atoms with Crippen LogP contribution in [0.2, 0.25) is 0 Å². The fourth-order valence-corrected chi connectivity index (χ4v) is 3.85. The van der Waals surface area contributed by atoms with Gasteiger partial charge in [0.15, 0.2) is 0 Å². The molecule has 0 bridgehead atoms. The molecule has 0 N–H and O–H groups in total. The van der Waals surface area contributed by atoms with Gasteiger partial charge in [-0.2, -0.15) is 0 Å². The number of hydrogen-bond acceptors (Lipinski definition) is 3. The molecule has 1 aromatic rings. The Morgan fingerprint density at radius 3 is 2.95 bits per heavy atom. The molecule has 1 aromatic carbocycles. The Bertz CT molecular complexity index is 475. The lowest BCUT2D eigenvalue weighted by atomic mass is 9.90. The number of rotatable bonds is 2. The Morgan fingerprint density at radius 2 is 2.16 bits per heavy atom. The highest BCUT2D eigenvalue weighted by Gasteiger charge is 2.34. The van der Waals surface area contributed by atoms with Crippen molar-refractivity contribution < 1.29 is 9.53 Å². The van der Waals surface area contributed by atoms with Crippen molar-refractivity contribution in [3.63, 3.8) is 0 Å². The fraction of sp³-hybridized carbons (Fsp3) is 0.533. The summed E-state index contributed by atoms with van der Waals surface area (Å²) in [7, 11) is 0. The summed E-state index contributed by atoms with van der Waals surface area (Å²) in [6.07, 6.45) is 6.19. The van der Waals surface area contributed by atoms with Gasteiger partial charge < -0.3 is 9.64 Å². The maximum atomic E-state index is 10.8. The van der Waals surface area contributed by atoms with Crippen molar-refractivity contribution in [2.75, 3.05) is 18.1 Å². The van der Waals surface area contributed by atoms with E-state index < -0.39 is 0 Å². The topological polar surface area (TPSA) is 29.5 Å². The number of morpholine rings is 1. The van der Waals surface area contributed by atoms with E-state index in [2.05, 4.69) is 20.8 Å². The molecule has 2 aliphatic rings. The van der Waals surface area contributed by atoms with Crippen molar-refractivity contribution in [1.82, 2.24) is 0 Å². The Hall–Kier alpha value is -0.870. The molecule has 0 spiro atoms. The van der Waals surface area contributed by atoms with Crippen LogP contribution >= 0.6 is 15.9 Å². The van der Waals surface area contributed by atoms with Crippen LogP contribution in [0.15, 0.2) is 22.7 Å². The number of benzene rings is 1. The van der Waals surface area contributed by atoms with Crippen LogP contribution in [0.1, 0.15) is 36.0 Å². The Kier molecular flexibility index (Phi) is 3.89. The summed E-state index contributed by atoms with van der Waals surface area (Å²) < 4.78 is 6.91. The number of ether oxygens (including phenoxy) is 1. The fourth-order valence-electron chi connectivity index (χ4n) is 3.22. The molecule has 2 atom stereocenters. The summed E-state index contributed by atoms with van der Waals surface area (Å²) in [4.78, 5) is 13.3. The van der Waals surface area contributed by atoms with E-state index in [0.29, 0.717) is 17.7 Å². The average Bonchev–Trinajstić information content (AvgIpc) is 2.46. The number of anilines is 1. The average molecular weight is 324 g/mol. The number of halogens is 1. The summed E-state index contributed by atoms with van der Waals surface area (Å²) in [6.45, 7) is 1.73. The predicted octanol–water partition coefficient (Wildman–Crippen LogP) is 3.41. The monoisotopic (exact) mass is 323 g/mol. The van der Waals surface area contributed by atoms with Crippen LogP contribution in [-0.4, -0.2) is 31.6 Å². The quantitative estimate of drug-likeness (QED) is 0.781. The van der Waals surface area contributed by atoms with Crippen molar-refractivity contribution in [3.8, 4) is 0 Å². The van der Waals surface area contributed by atoms with Gasteiger partial charge in [0.1, 0.15) is 6.29 Å². The van der Waals surface area contributed by atoms with Gasteiger partial charge in [0.05, 0.1) is 24.4 Å². The normalized spacial score (nSPS) is 26.9. The maximum absolute atomic E-state index is 10.8. The zero-order valence-electron chi connectivity index (χ0n) is 10.8. The summed E-state index contributed by atoms with van der Waals surface area (Å²) in [6, 6.07) is 6.32. The minimum absolute atomic E-state index is 0.375. The first-order valence-electron chi connectivity index (χ1n) is 6.92. The van der Waals surface area contributed by atoms with E-state index in [4.69, 9.17) is 4.74 Å². The molecule has 2 fully saturated rings. The van der Waals surface area contributed by atoms with Gasteiger partial charge in [0.25, 0.3) is 0 Å². The minimum atomic E-state index is 0.375. The minimum Gasteiger partial charge on any atom is -0.374 e. The molecule has 102 valence electrons. The van der Waals surface area contributed by atoms with Gasteiger partial charge in [0.2, 0.25) is 0 Å². The third kappa shape index (κ3) is 2.56. The molecule has 2 unspecified atom stereocenters. The van der Waals surface area contributed by atoms with Gasteiger partial charge in [-0.25, -0.2) is 0 Å². The van der Waals surface area contributed by atoms with E-state index >= 15 is 0 Å². The van der Waals surface area contributed by atoms with Gasteiger partial charge in [-0.3, -0.25) is 4.79 Å². The Balaban J connectivity index is 1.89. The second kappa shape index (κ2) is 5.63. The molecule has 1 saturated carbocycles. The van der Waals surface area contributed by atoms with E-state index in [1.807, 2.05) is 18.2 Å². The predicted molar refractivity (Wildman–Crippen MR) is 78.9 cm³/mol. The lowest BCUT2D eigenvalue weighted by Gasteiger charge is -2.45. The highest BCUT2D eigenvalue weighted by atomic mass is 79.9. The summed E-state index contributed by atoms with van der Waals surface area (Å²) in [5.41, 5.74) is 1.90. The van der Waals surface area contributed by atoms with Crippen LogP contribution in [0.4, 0.5) is 5.69 Å². The molecule has 1 saturated heterocycles. The van der Waals surface area contributed by atoms with Crippen molar-refractivity contribution >= 4 is 27.9 Å². The van der Waals surface area contributed by atoms with E-state index in [0.717, 1.165) is 23.9 Å². The Morgan fingerprint density at radius 1 is 1.32 bits per heavy atom. The highest BCUT2D eigenvalue weighted by molar-refractivity contribution is 9.10. The summed E-state index contributed by atoms with van der Waals surface area (Å²) in [5, 5.41) is 0. The molecule has 1 aliphatic heterocycles. The molecule has 1 aliphatic carbocycles. The zero-order valence-corrected chi connectivity index (χ0v) is 12.4. The van der Waals surface area contributed by atoms with Crippen LogP contribution in [0.25, 0.3) is 0 Å². The third-order valence-corrected chi connectivity index (χ3v) is 4.78. The first-order chi connectivity index (χ1) is 9.29.